The van der Waals surface area contributed by atoms with Crippen LogP contribution in [0.1, 0.15) is 0 Å². The topological polar surface area (TPSA) is 80.4 Å². The second-order valence-corrected chi connectivity index (χ2v) is 4.10. The molecular weight excluding hydrogens is 221 g/mol. The number of nitrogens with two attached hydrogens (primary N) is 1. The van der Waals surface area contributed by atoms with Crippen molar-refractivity contribution in [1.29, 1.82) is 0 Å². The normalized spacial score (nSPS) is 10.6. The number of nitrogen functional groups attached to an aromatic ring is 1. The average Bonchev–Trinajstić information content (AvgIpc) is 1.92. The van der Waals surface area contributed by atoms with E-state index in [0.29, 0.717) is 4.90 Å². The summed E-state index contributed by atoms with van der Waals surface area (Å²) < 4.78 is 29.7. The van der Waals surface area contributed by atoms with Crippen LogP contribution in [-0.4, -0.2) is 42.5 Å². The van der Waals surface area contributed by atoms with Gasteiger partial charge in [-0.15, -0.1) is 12.6 Å². The van der Waals surface area contributed by atoms with Gasteiger partial charge in [0.1, 0.15) is 0 Å². The average molecular weight is 228 g/mol. The number of rotatable bonds is 1. The molecule has 0 amide bonds. The molecule has 0 fully saturated rings. The van der Waals surface area contributed by atoms with Crippen molar-refractivity contribution in [3.05, 3.63) is 18.2 Å². The molecule has 1 rings (SSSR count). The quantitative estimate of drug-likeness (QED) is 0.282. The van der Waals surface area contributed by atoms with Gasteiger partial charge in [0, 0.05) is 40.1 Å². The Hall–Kier alpha value is 0.280. The third-order valence-electron chi connectivity index (χ3n) is 1.30. The summed E-state index contributed by atoms with van der Waals surface area (Å²) in [4.78, 5) is 0.250. The van der Waals surface area contributed by atoms with E-state index in [2.05, 4.69) is 12.6 Å². The minimum atomic E-state index is -4.16. The summed E-state index contributed by atoms with van der Waals surface area (Å²) in [5.74, 6) is 0. The smallest absolute Gasteiger partial charge is 0.294 e. The van der Waals surface area contributed by atoms with Crippen molar-refractivity contribution >= 4 is 58.0 Å². The van der Waals surface area contributed by atoms with Gasteiger partial charge in [0.25, 0.3) is 10.1 Å². The molecule has 0 saturated carbocycles. The maximum absolute atomic E-state index is 10.6. The fourth-order valence-corrected chi connectivity index (χ4v) is 1.35. The van der Waals surface area contributed by atoms with Crippen LogP contribution in [0.3, 0.4) is 0 Å². The van der Waals surface area contributed by atoms with Crippen molar-refractivity contribution < 1.29 is 13.0 Å². The van der Waals surface area contributed by atoms with E-state index in [1.807, 2.05) is 0 Å². The van der Waals surface area contributed by atoms with Crippen LogP contribution in [0.2, 0.25) is 0 Å². The molecule has 0 unspecified atom stereocenters. The Labute approximate surface area is 104 Å². The standard InChI is InChI=1S/C6H7NO3S2.Na/c7-5-3-4(12(8,9)10)1-2-6(5)11;/h1-3,11H,7H2,(H,8,9,10);. The summed E-state index contributed by atoms with van der Waals surface area (Å²) in [6, 6.07) is 3.78. The first kappa shape index (κ1) is 13.3. The van der Waals surface area contributed by atoms with Crippen LogP contribution in [0.5, 0.6) is 0 Å². The van der Waals surface area contributed by atoms with Gasteiger partial charge in [-0.25, -0.2) is 0 Å². The molecule has 0 atom stereocenters. The van der Waals surface area contributed by atoms with Gasteiger partial charge >= 0.3 is 0 Å². The SMILES string of the molecule is Nc1cc(S(=O)(=O)O)ccc1S.[Na]. The Bertz CT molecular complexity index is 404. The van der Waals surface area contributed by atoms with Crippen molar-refractivity contribution in [2.75, 3.05) is 5.73 Å². The molecule has 0 aliphatic heterocycles. The fraction of sp³-hybridized carbons (Fsp3) is 0. The zero-order valence-electron chi connectivity index (χ0n) is 6.93. The van der Waals surface area contributed by atoms with Crippen molar-refractivity contribution in [2.45, 2.75) is 9.79 Å². The van der Waals surface area contributed by atoms with E-state index in [4.69, 9.17) is 10.3 Å². The van der Waals surface area contributed by atoms with Gasteiger partial charge < -0.3 is 5.73 Å². The largest absolute Gasteiger partial charge is 0.398 e. The van der Waals surface area contributed by atoms with Gasteiger partial charge in [0.05, 0.1) is 4.90 Å². The van der Waals surface area contributed by atoms with Crippen LogP contribution in [0.4, 0.5) is 5.69 Å². The summed E-state index contributed by atoms with van der Waals surface area (Å²) in [5, 5.41) is 0. The molecule has 1 aromatic carbocycles. The van der Waals surface area contributed by atoms with Crippen molar-refractivity contribution in [3.63, 3.8) is 0 Å². The number of anilines is 1. The summed E-state index contributed by atoms with van der Waals surface area (Å²) in [7, 11) is -4.16. The third-order valence-corrected chi connectivity index (χ3v) is 2.55. The van der Waals surface area contributed by atoms with Crippen LogP contribution >= 0.6 is 12.6 Å². The fourth-order valence-electron chi connectivity index (χ4n) is 0.693. The molecule has 0 spiro atoms. The molecule has 67 valence electrons. The second-order valence-electron chi connectivity index (χ2n) is 2.20. The van der Waals surface area contributed by atoms with Gasteiger partial charge in [0.15, 0.2) is 0 Å². The molecule has 3 N–H and O–H groups in total. The zero-order chi connectivity index (χ0) is 9.35. The van der Waals surface area contributed by atoms with E-state index in [0.717, 1.165) is 6.07 Å². The first-order valence-electron chi connectivity index (χ1n) is 2.97. The molecular formula is C6H7NNaO3S2. The third kappa shape index (κ3) is 3.49. The van der Waals surface area contributed by atoms with Crippen LogP contribution in [0.25, 0.3) is 0 Å². The Morgan fingerprint density at radius 2 is 1.92 bits per heavy atom. The second kappa shape index (κ2) is 4.68. The number of benzene rings is 1. The molecule has 0 aliphatic rings. The molecule has 1 radical (unpaired) electrons. The van der Waals surface area contributed by atoms with Crippen LogP contribution in [0.15, 0.2) is 28.0 Å². The monoisotopic (exact) mass is 228 g/mol. The van der Waals surface area contributed by atoms with Crippen molar-refractivity contribution in [2.24, 2.45) is 0 Å². The molecule has 0 aliphatic carbocycles. The minimum absolute atomic E-state index is 0. The number of thiol groups is 1. The van der Waals surface area contributed by atoms with E-state index < -0.39 is 10.1 Å². The molecule has 7 heteroatoms. The van der Waals surface area contributed by atoms with E-state index in [1.165, 1.54) is 12.1 Å². The van der Waals surface area contributed by atoms with E-state index in [1.54, 1.807) is 0 Å². The first-order valence-corrected chi connectivity index (χ1v) is 4.86. The van der Waals surface area contributed by atoms with Crippen molar-refractivity contribution in [1.82, 2.24) is 0 Å². The Kier molecular flexibility index (Phi) is 4.78. The molecule has 0 heterocycles. The maximum Gasteiger partial charge on any atom is 0.294 e. The maximum atomic E-state index is 10.6. The summed E-state index contributed by atoms with van der Waals surface area (Å²) in [5.41, 5.74) is 5.58. The first-order chi connectivity index (χ1) is 5.41. The van der Waals surface area contributed by atoms with Gasteiger partial charge in [-0.2, -0.15) is 8.42 Å². The van der Waals surface area contributed by atoms with Crippen LogP contribution < -0.4 is 5.73 Å². The Morgan fingerprint density at radius 3 is 2.31 bits per heavy atom. The predicted molar refractivity (Wildman–Crippen MR) is 53.7 cm³/mol. The molecule has 1 aromatic rings. The predicted octanol–water partition coefficient (Wildman–Crippen LogP) is 0.423. The summed E-state index contributed by atoms with van der Waals surface area (Å²) in [6.07, 6.45) is 0. The van der Waals surface area contributed by atoms with E-state index in [9.17, 15) is 8.42 Å². The van der Waals surface area contributed by atoms with E-state index >= 15 is 0 Å². The van der Waals surface area contributed by atoms with Crippen LogP contribution in [-0.2, 0) is 10.1 Å². The van der Waals surface area contributed by atoms with E-state index in [-0.39, 0.29) is 40.1 Å². The summed E-state index contributed by atoms with van der Waals surface area (Å²) >= 11 is 3.94. The van der Waals surface area contributed by atoms with Crippen LogP contribution in [0, 0.1) is 0 Å². The molecule has 0 aromatic heterocycles. The Balaban J connectivity index is 0.00000144. The van der Waals surface area contributed by atoms with Gasteiger partial charge in [0.2, 0.25) is 0 Å². The van der Waals surface area contributed by atoms with Gasteiger partial charge in [-0.05, 0) is 18.2 Å². The van der Waals surface area contributed by atoms with Gasteiger partial charge in [-0.3, -0.25) is 4.55 Å². The number of hydrogen-bond acceptors (Lipinski definition) is 4. The van der Waals surface area contributed by atoms with Gasteiger partial charge in [-0.1, -0.05) is 0 Å². The molecule has 0 bridgehead atoms. The molecule has 4 nitrogen and oxygen atoms in total. The zero-order valence-corrected chi connectivity index (χ0v) is 10.6. The Morgan fingerprint density at radius 1 is 1.38 bits per heavy atom. The molecule has 13 heavy (non-hydrogen) atoms. The summed E-state index contributed by atoms with van der Waals surface area (Å²) in [6.45, 7) is 0. The number of hydrogen-bond donors (Lipinski definition) is 3. The minimum Gasteiger partial charge on any atom is -0.398 e. The molecule has 0 saturated heterocycles. The van der Waals surface area contributed by atoms with Crippen molar-refractivity contribution in [3.8, 4) is 0 Å².